The number of esters is 1. The van der Waals surface area contributed by atoms with Crippen molar-refractivity contribution in [1.82, 2.24) is 0 Å². The van der Waals surface area contributed by atoms with Gasteiger partial charge in [0, 0.05) is 17.5 Å². The predicted octanol–water partition coefficient (Wildman–Crippen LogP) is 4.97. The normalized spacial score (nSPS) is 19.3. The molecule has 1 aliphatic rings. The van der Waals surface area contributed by atoms with E-state index in [4.69, 9.17) is 18.8 Å². The molecule has 6 nitrogen and oxygen atoms in total. The SMILES string of the molecule is CCOC(=O)Cc1ccccc1O[C@H](C)/C=C\C(B1OC(C)(C)C(C)(C)O1)=C(\O)CC. The number of benzene rings is 1. The maximum atomic E-state index is 11.9. The number of carbonyl (C=O) groups is 1. The Morgan fingerprint density at radius 3 is 2.35 bits per heavy atom. The molecule has 1 heterocycles. The summed E-state index contributed by atoms with van der Waals surface area (Å²) in [5.41, 5.74) is 0.341. The summed E-state index contributed by atoms with van der Waals surface area (Å²) in [6, 6.07) is 7.40. The van der Waals surface area contributed by atoms with Gasteiger partial charge in [0.15, 0.2) is 0 Å². The molecular weight excluding hydrogens is 395 g/mol. The summed E-state index contributed by atoms with van der Waals surface area (Å²) in [5, 5.41) is 10.5. The van der Waals surface area contributed by atoms with Crippen LogP contribution in [-0.4, -0.2) is 42.1 Å². The van der Waals surface area contributed by atoms with Crippen LogP contribution in [0, 0.1) is 0 Å². The van der Waals surface area contributed by atoms with E-state index in [1.54, 1.807) is 13.0 Å². The number of aliphatic hydroxyl groups excluding tert-OH is 1. The number of para-hydroxylation sites is 1. The molecule has 1 atom stereocenters. The molecule has 2 rings (SSSR count). The van der Waals surface area contributed by atoms with E-state index in [1.165, 1.54) is 0 Å². The van der Waals surface area contributed by atoms with Crippen LogP contribution < -0.4 is 4.74 Å². The summed E-state index contributed by atoms with van der Waals surface area (Å²) in [4.78, 5) is 11.9. The number of aliphatic hydroxyl groups is 1. The molecule has 0 saturated carbocycles. The van der Waals surface area contributed by atoms with E-state index in [1.807, 2.05) is 71.9 Å². The van der Waals surface area contributed by atoms with E-state index < -0.39 is 18.3 Å². The van der Waals surface area contributed by atoms with Gasteiger partial charge in [-0.3, -0.25) is 4.79 Å². The molecule has 1 aliphatic heterocycles. The number of rotatable bonds is 9. The average molecular weight is 430 g/mol. The van der Waals surface area contributed by atoms with Gasteiger partial charge in [-0.25, -0.2) is 0 Å². The molecule has 0 aromatic heterocycles. The summed E-state index contributed by atoms with van der Waals surface area (Å²) in [6.45, 7) is 13.8. The lowest BCUT2D eigenvalue weighted by molar-refractivity contribution is -0.142. The van der Waals surface area contributed by atoms with Gasteiger partial charge in [0.25, 0.3) is 0 Å². The van der Waals surface area contributed by atoms with Gasteiger partial charge in [-0.15, -0.1) is 0 Å². The molecule has 1 N–H and O–H groups in total. The van der Waals surface area contributed by atoms with Crippen molar-refractivity contribution >= 4 is 13.1 Å². The molecule has 0 spiro atoms. The fourth-order valence-corrected chi connectivity index (χ4v) is 3.10. The van der Waals surface area contributed by atoms with Crippen LogP contribution in [0.15, 0.2) is 47.6 Å². The van der Waals surface area contributed by atoms with Crippen molar-refractivity contribution in [1.29, 1.82) is 0 Å². The van der Waals surface area contributed by atoms with E-state index in [0.29, 0.717) is 24.2 Å². The van der Waals surface area contributed by atoms with Crippen molar-refractivity contribution in [3.8, 4) is 5.75 Å². The van der Waals surface area contributed by atoms with E-state index >= 15 is 0 Å². The van der Waals surface area contributed by atoms with Crippen LogP contribution in [-0.2, 0) is 25.3 Å². The second kappa shape index (κ2) is 10.4. The Morgan fingerprint density at radius 1 is 1.16 bits per heavy atom. The number of carbonyl (C=O) groups excluding carboxylic acids is 1. The first-order valence-electron chi connectivity index (χ1n) is 10.9. The highest BCUT2D eigenvalue weighted by Gasteiger charge is 2.52. The second-order valence-corrected chi connectivity index (χ2v) is 8.62. The first-order chi connectivity index (χ1) is 14.5. The fraction of sp³-hybridized carbons (Fsp3) is 0.542. The van der Waals surface area contributed by atoms with Crippen LogP contribution in [0.25, 0.3) is 0 Å². The number of allylic oxidation sites excluding steroid dienone is 3. The van der Waals surface area contributed by atoms with Crippen LogP contribution in [0.3, 0.4) is 0 Å². The van der Waals surface area contributed by atoms with Crippen molar-refractivity contribution in [3.05, 3.63) is 53.2 Å². The molecule has 0 amide bonds. The molecular formula is C24H35BO6. The van der Waals surface area contributed by atoms with Gasteiger partial charge in [-0.1, -0.05) is 31.2 Å². The third-order valence-corrected chi connectivity index (χ3v) is 5.65. The minimum atomic E-state index is -0.662. The van der Waals surface area contributed by atoms with Crippen molar-refractivity contribution in [2.45, 2.75) is 78.6 Å². The topological polar surface area (TPSA) is 74.2 Å². The standard InChI is InChI=1S/C24H35BO6/c1-8-20(26)19(25-30-23(4,5)24(6,7)31-25)15-14-17(3)29-21-13-11-10-12-18(21)16-22(27)28-9-2/h10-15,17,26H,8-9,16H2,1-7H3/b15-14-,20-19-/t17-/m1/s1. The average Bonchev–Trinajstić information content (AvgIpc) is 2.90. The Bertz CT molecular complexity index is 811. The zero-order valence-electron chi connectivity index (χ0n) is 19.7. The molecule has 0 bridgehead atoms. The maximum absolute atomic E-state index is 11.9. The highest BCUT2D eigenvalue weighted by molar-refractivity contribution is 6.55. The Balaban J connectivity index is 2.16. The van der Waals surface area contributed by atoms with E-state index in [-0.39, 0.29) is 24.3 Å². The Morgan fingerprint density at radius 2 is 1.77 bits per heavy atom. The summed E-state index contributed by atoms with van der Waals surface area (Å²) in [6.07, 6.45) is 3.93. The molecule has 7 heteroatoms. The minimum Gasteiger partial charge on any atom is -0.513 e. The quantitative estimate of drug-likeness (QED) is 0.258. The Kier molecular flexibility index (Phi) is 8.38. The lowest BCUT2D eigenvalue weighted by Gasteiger charge is -2.32. The fourth-order valence-electron chi connectivity index (χ4n) is 3.10. The summed E-state index contributed by atoms with van der Waals surface area (Å²) < 4.78 is 23.3. The van der Waals surface area contributed by atoms with Crippen LogP contribution in [0.4, 0.5) is 0 Å². The first-order valence-corrected chi connectivity index (χ1v) is 10.9. The van der Waals surface area contributed by atoms with Crippen LogP contribution in [0.2, 0.25) is 0 Å². The molecule has 1 aromatic carbocycles. The van der Waals surface area contributed by atoms with Gasteiger partial charge in [0.05, 0.1) is 30.0 Å². The van der Waals surface area contributed by atoms with Crippen LogP contribution >= 0.6 is 0 Å². The molecule has 1 aromatic rings. The number of hydrogen-bond donors (Lipinski definition) is 1. The Labute approximate surface area is 186 Å². The van der Waals surface area contributed by atoms with Crippen molar-refractivity contribution in [2.75, 3.05) is 6.61 Å². The highest BCUT2D eigenvalue weighted by atomic mass is 16.7. The van der Waals surface area contributed by atoms with Gasteiger partial charge < -0.3 is 23.9 Å². The number of hydrogen-bond acceptors (Lipinski definition) is 6. The minimum absolute atomic E-state index is 0.149. The van der Waals surface area contributed by atoms with Gasteiger partial charge in [-0.05, 0) is 53.7 Å². The summed E-state index contributed by atoms with van der Waals surface area (Å²) in [7, 11) is -0.662. The molecule has 0 unspecified atom stereocenters. The molecule has 0 radical (unpaired) electrons. The second-order valence-electron chi connectivity index (χ2n) is 8.62. The first kappa shape index (κ1) is 25.0. The van der Waals surface area contributed by atoms with E-state index in [9.17, 15) is 9.90 Å². The lowest BCUT2D eigenvalue weighted by atomic mass is 9.76. The highest BCUT2D eigenvalue weighted by Crippen LogP contribution is 2.39. The van der Waals surface area contributed by atoms with E-state index in [0.717, 1.165) is 5.56 Å². The monoisotopic (exact) mass is 430 g/mol. The van der Waals surface area contributed by atoms with Crippen molar-refractivity contribution in [3.63, 3.8) is 0 Å². The Hall–Kier alpha value is -2.25. The number of ether oxygens (including phenoxy) is 2. The zero-order valence-corrected chi connectivity index (χ0v) is 19.7. The third kappa shape index (κ3) is 6.37. The molecule has 31 heavy (non-hydrogen) atoms. The van der Waals surface area contributed by atoms with Crippen LogP contribution in [0.1, 0.15) is 60.5 Å². The molecule has 1 saturated heterocycles. The molecule has 170 valence electrons. The zero-order chi connectivity index (χ0) is 23.2. The van der Waals surface area contributed by atoms with E-state index in [2.05, 4.69) is 0 Å². The van der Waals surface area contributed by atoms with Gasteiger partial charge in [0.1, 0.15) is 11.9 Å². The largest absolute Gasteiger partial charge is 0.513 e. The van der Waals surface area contributed by atoms with Crippen molar-refractivity contribution < 1.29 is 28.7 Å². The molecule has 1 fully saturated rings. The van der Waals surface area contributed by atoms with Gasteiger partial charge in [0.2, 0.25) is 0 Å². The third-order valence-electron chi connectivity index (χ3n) is 5.65. The predicted molar refractivity (Wildman–Crippen MR) is 122 cm³/mol. The molecule has 0 aliphatic carbocycles. The van der Waals surface area contributed by atoms with Gasteiger partial charge in [-0.2, -0.15) is 0 Å². The van der Waals surface area contributed by atoms with Gasteiger partial charge >= 0.3 is 13.1 Å². The summed E-state index contributed by atoms with van der Waals surface area (Å²) >= 11 is 0. The smallest absolute Gasteiger partial charge is 0.498 e. The lowest BCUT2D eigenvalue weighted by Crippen LogP contribution is -2.41. The van der Waals surface area contributed by atoms with Crippen molar-refractivity contribution in [2.24, 2.45) is 0 Å². The maximum Gasteiger partial charge on any atom is 0.498 e. The summed E-state index contributed by atoms with van der Waals surface area (Å²) in [5.74, 6) is 0.541. The van der Waals surface area contributed by atoms with Crippen LogP contribution in [0.5, 0.6) is 5.75 Å².